The first-order valence-corrected chi connectivity index (χ1v) is 5.45. The molecule has 0 saturated carbocycles. The van der Waals surface area contributed by atoms with Crippen LogP contribution in [-0.2, 0) is 0 Å². The van der Waals surface area contributed by atoms with Crippen LogP contribution in [0.25, 0.3) is 10.9 Å². The van der Waals surface area contributed by atoms with E-state index >= 15 is 0 Å². The Hall–Kier alpha value is -1.57. The Balaban J connectivity index is 2.46. The summed E-state index contributed by atoms with van der Waals surface area (Å²) in [5.74, 6) is 0. The lowest BCUT2D eigenvalue weighted by atomic mass is 10.2. The minimum Gasteiger partial charge on any atom is -0.372 e. The molecule has 2 nitrogen and oxygen atoms in total. The molecule has 0 amide bonds. The van der Waals surface area contributed by atoms with Crippen LogP contribution in [0.15, 0.2) is 36.5 Å². The molecule has 0 aliphatic rings. The number of benzene rings is 1. The molecular weight excluding hydrogens is 184 g/mol. The van der Waals surface area contributed by atoms with Crippen LogP contribution in [0.3, 0.4) is 0 Å². The molecule has 1 aromatic carbocycles. The van der Waals surface area contributed by atoms with Gasteiger partial charge in [-0.2, -0.15) is 0 Å². The molecule has 0 N–H and O–H groups in total. The monoisotopic (exact) mass is 200 g/mol. The first-order valence-electron chi connectivity index (χ1n) is 5.45. The normalized spacial score (nSPS) is 10.5. The van der Waals surface area contributed by atoms with Gasteiger partial charge in [-0.1, -0.05) is 12.1 Å². The number of aromatic nitrogens is 1. The van der Waals surface area contributed by atoms with Crippen molar-refractivity contribution in [3.63, 3.8) is 0 Å². The van der Waals surface area contributed by atoms with Gasteiger partial charge < -0.3 is 4.90 Å². The second-order valence-electron chi connectivity index (χ2n) is 3.55. The Bertz CT molecular complexity index is 447. The second kappa shape index (κ2) is 4.30. The summed E-state index contributed by atoms with van der Waals surface area (Å²) in [6, 6.07) is 10.5. The maximum Gasteiger partial charge on any atom is 0.0722 e. The molecule has 0 atom stereocenters. The fourth-order valence-corrected chi connectivity index (χ4v) is 1.84. The van der Waals surface area contributed by atoms with Gasteiger partial charge in [0.05, 0.1) is 5.52 Å². The fourth-order valence-electron chi connectivity index (χ4n) is 1.84. The van der Waals surface area contributed by atoms with Gasteiger partial charge in [0.2, 0.25) is 0 Å². The van der Waals surface area contributed by atoms with E-state index in [9.17, 15) is 0 Å². The summed E-state index contributed by atoms with van der Waals surface area (Å²) in [6.07, 6.45) is 1.84. The summed E-state index contributed by atoms with van der Waals surface area (Å²) >= 11 is 0. The maximum absolute atomic E-state index is 4.37. The zero-order valence-electron chi connectivity index (χ0n) is 9.27. The van der Waals surface area contributed by atoms with Crippen molar-refractivity contribution in [3.05, 3.63) is 36.5 Å². The molecule has 0 spiro atoms. The number of nitrogens with zero attached hydrogens (tertiary/aromatic N) is 2. The molecule has 2 heteroatoms. The highest BCUT2D eigenvalue weighted by molar-refractivity contribution is 5.82. The van der Waals surface area contributed by atoms with Crippen molar-refractivity contribution < 1.29 is 0 Å². The quantitative estimate of drug-likeness (QED) is 0.757. The minimum atomic E-state index is 1.04. The average molecular weight is 200 g/mol. The van der Waals surface area contributed by atoms with Crippen molar-refractivity contribution in [2.45, 2.75) is 13.8 Å². The van der Waals surface area contributed by atoms with Crippen LogP contribution in [0.4, 0.5) is 5.69 Å². The van der Waals surface area contributed by atoms with Gasteiger partial charge in [0.15, 0.2) is 0 Å². The molecule has 0 aliphatic carbocycles. The molecule has 0 unspecified atom stereocenters. The van der Waals surface area contributed by atoms with Crippen LogP contribution in [0.2, 0.25) is 0 Å². The molecular formula is C13H16N2. The molecule has 15 heavy (non-hydrogen) atoms. The predicted octanol–water partition coefficient (Wildman–Crippen LogP) is 3.08. The van der Waals surface area contributed by atoms with Gasteiger partial charge in [-0.05, 0) is 32.0 Å². The SMILES string of the molecule is CCN(CC)c1ccc2cccnc2c1. The first-order chi connectivity index (χ1) is 7.35. The van der Waals surface area contributed by atoms with Gasteiger partial charge in [0.1, 0.15) is 0 Å². The minimum absolute atomic E-state index is 1.04. The third-order valence-corrected chi connectivity index (χ3v) is 2.72. The van der Waals surface area contributed by atoms with E-state index < -0.39 is 0 Å². The number of rotatable bonds is 3. The Kier molecular flexibility index (Phi) is 2.86. The van der Waals surface area contributed by atoms with Crippen LogP contribution in [-0.4, -0.2) is 18.1 Å². The number of pyridine rings is 1. The van der Waals surface area contributed by atoms with Gasteiger partial charge in [-0.15, -0.1) is 0 Å². The van der Waals surface area contributed by atoms with E-state index in [-0.39, 0.29) is 0 Å². The zero-order valence-corrected chi connectivity index (χ0v) is 9.27. The summed E-state index contributed by atoms with van der Waals surface area (Å²) < 4.78 is 0. The summed E-state index contributed by atoms with van der Waals surface area (Å²) in [5.41, 5.74) is 2.33. The Morgan fingerprint density at radius 2 is 1.93 bits per heavy atom. The molecule has 1 aromatic heterocycles. The van der Waals surface area contributed by atoms with Crippen molar-refractivity contribution in [1.29, 1.82) is 0 Å². The van der Waals surface area contributed by atoms with E-state index in [1.54, 1.807) is 0 Å². The van der Waals surface area contributed by atoms with Crippen LogP contribution in [0, 0.1) is 0 Å². The lowest BCUT2D eigenvalue weighted by Gasteiger charge is -2.21. The van der Waals surface area contributed by atoms with E-state index in [1.807, 2.05) is 12.3 Å². The van der Waals surface area contributed by atoms with Crippen LogP contribution >= 0.6 is 0 Å². The number of anilines is 1. The number of hydrogen-bond acceptors (Lipinski definition) is 2. The third-order valence-electron chi connectivity index (χ3n) is 2.72. The standard InChI is InChI=1S/C13H16N2/c1-3-15(4-2)12-8-7-11-6-5-9-14-13(11)10-12/h5-10H,3-4H2,1-2H3. The number of hydrogen-bond donors (Lipinski definition) is 0. The zero-order chi connectivity index (χ0) is 10.7. The average Bonchev–Trinajstić information content (AvgIpc) is 2.30. The van der Waals surface area contributed by atoms with Crippen LogP contribution in [0.5, 0.6) is 0 Å². The van der Waals surface area contributed by atoms with Gasteiger partial charge >= 0.3 is 0 Å². The Morgan fingerprint density at radius 1 is 1.13 bits per heavy atom. The number of fused-ring (bicyclic) bond motifs is 1. The van der Waals surface area contributed by atoms with Crippen molar-refractivity contribution >= 4 is 16.6 Å². The lowest BCUT2D eigenvalue weighted by molar-refractivity contribution is 0.867. The topological polar surface area (TPSA) is 16.1 Å². The summed E-state index contributed by atoms with van der Waals surface area (Å²) in [7, 11) is 0. The highest BCUT2D eigenvalue weighted by Gasteiger charge is 2.02. The largest absolute Gasteiger partial charge is 0.372 e. The Morgan fingerprint density at radius 3 is 2.67 bits per heavy atom. The van der Waals surface area contributed by atoms with Crippen molar-refractivity contribution in [2.24, 2.45) is 0 Å². The van der Waals surface area contributed by atoms with E-state index in [0.29, 0.717) is 0 Å². The first kappa shape index (κ1) is 9.97. The molecule has 0 radical (unpaired) electrons. The van der Waals surface area contributed by atoms with E-state index in [1.165, 1.54) is 11.1 Å². The molecule has 78 valence electrons. The molecule has 0 aliphatic heterocycles. The smallest absolute Gasteiger partial charge is 0.0722 e. The summed E-state index contributed by atoms with van der Waals surface area (Å²) in [6.45, 7) is 6.42. The fraction of sp³-hybridized carbons (Fsp3) is 0.308. The summed E-state index contributed by atoms with van der Waals surface area (Å²) in [4.78, 5) is 6.69. The molecule has 0 fully saturated rings. The van der Waals surface area contributed by atoms with E-state index in [4.69, 9.17) is 0 Å². The molecule has 2 aromatic rings. The summed E-state index contributed by atoms with van der Waals surface area (Å²) in [5, 5.41) is 1.20. The lowest BCUT2D eigenvalue weighted by Crippen LogP contribution is -2.21. The van der Waals surface area contributed by atoms with Gasteiger partial charge in [-0.25, -0.2) is 0 Å². The Labute approximate surface area is 90.6 Å². The maximum atomic E-state index is 4.37. The van der Waals surface area contributed by atoms with E-state index in [0.717, 1.165) is 18.6 Å². The van der Waals surface area contributed by atoms with Gasteiger partial charge in [-0.3, -0.25) is 4.98 Å². The van der Waals surface area contributed by atoms with Crippen molar-refractivity contribution in [2.75, 3.05) is 18.0 Å². The van der Waals surface area contributed by atoms with Crippen molar-refractivity contribution in [3.8, 4) is 0 Å². The molecule has 1 heterocycles. The molecule has 2 rings (SSSR count). The van der Waals surface area contributed by atoms with Gasteiger partial charge in [0, 0.05) is 30.4 Å². The predicted molar refractivity (Wildman–Crippen MR) is 65.3 cm³/mol. The second-order valence-corrected chi connectivity index (χ2v) is 3.55. The molecule has 0 saturated heterocycles. The highest BCUT2D eigenvalue weighted by Crippen LogP contribution is 2.20. The van der Waals surface area contributed by atoms with E-state index in [2.05, 4.69) is 48.0 Å². The highest BCUT2D eigenvalue weighted by atomic mass is 15.1. The third kappa shape index (κ3) is 1.94. The molecule has 0 bridgehead atoms. The van der Waals surface area contributed by atoms with Crippen LogP contribution < -0.4 is 4.90 Å². The van der Waals surface area contributed by atoms with Crippen LogP contribution in [0.1, 0.15) is 13.8 Å². The van der Waals surface area contributed by atoms with Crippen molar-refractivity contribution in [1.82, 2.24) is 4.98 Å². The van der Waals surface area contributed by atoms with Gasteiger partial charge in [0.25, 0.3) is 0 Å².